The van der Waals surface area contributed by atoms with Gasteiger partial charge in [-0.15, -0.1) is 0 Å². The minimum atomic E-state index is -4.59. The second-order valence-corrected chi connectivity index (χ2v) is 8.15. The van der Waals surface area contributed by atoms with E-state index < -0.39 is 29.8 Å². The maximum atomic E-state index is 13.7. The Morgan fingerprint density at radius 2 is 2.03 bits per heavy atom. The Kier molecular flexibility index (Phi) is 5.40. The third-order valence-corrected chi connectivity index (χ3v) is 5.76. The van der Waals surface area contributed by atoms with Crippen molar-refractivity contribution in [3.05, 3.63) is 52.2 Å². The number of aromatic nitrogens is 3. The zero-order valence-corrected chi connectivity index (χ0v) is 17.7. The highest BCUT2D eigenvalue weighted by molar-refractivity contribution is 6.31. The van der Waals surface area contributed by atoms with Gasteiger partial charge < -0.3 is 15.2 Å². The number of carbonyl (C=O) groups is 2. The average Bonchev–Trinajstić information content (AvgIpc) is 3.30. The van der Waals surface area contributed by atoms with E-state index in [2.05, 4.69) is 10.1 Å². The quantitative estimate of drug-likeness (QED) is 0.569. The monoisotopic (exact) mass is 471 g/mol. The van der Waals surface area contributed by atoms with Gasteiger partial charge in [-0.05, 0) is 32.0 Å². The number of rotatable bonds is 3. The largest absolute Gasteiger partial charge is 0.408 e. The van der Waals surface area contributed by atoms with E-state index in [9.17, 15) is 27.2 Å². The standard InChI is InChI=1S/C20H18ClF4N5O2/c1-9-7-30-17(12(6-26-30)18(31)27-10(2)20(23,24)25)8-29(9)19(32)16-4-11-3-14(22)13(21)5-15(11)28-16/h3-6,9-10,28H,7-8H2,1-2H3,(H,27,31)/t9?,10-/m1/s1. The van der Waals surface area contributed by atoms with Gasteiger partial charge in [-0.25, -0.2) is 4.39 Å². The number of nitrogens with one attached hydrogen (secondary N) is 2. The van der Waals surface area contributed by atoms with Gasteiger partial charge in [0, 0.05) is 16.9 Å². The molecule has 0 spiro atoms. The van der Waals surface area contributed by atoms with Crippen LogP contribution >= 0.6 is 11.6 Å². The first-order chi connectivity index (χ1) is 15.0. The topological polar surface area (TPSA) is 83.0 Å². The predicted octanol–water partition coefficient (Wildman–Crippen LogP) is 3.88. The van der Waals surface area contributed by atoms with Crippen LogP contribution in [0.25, 0.3) is 10.9 Å². The molecule has 0 fully saturated rings. The molecule has 0 bridgehead atoms. The van der Waals surface area contributed by atoms with Crippen LogP contribution < -0.4 is 5.32 Å². The van der Waals surface area contributed by atoms with Crippen molar-refractivity contribution in [1.82, 2.24) is 25.0 Å². The molecule has 1 aromatic carbocycles. The van der Waals surface area contributed by atoms with Crippen LogP contribution in [0, 0.1) is 5.82 Å². The summed E-state index contributed by atoms with van der Waals surface area (Å²) >= 11 is 5.79. The van der Waals surface area contributed by atoms with Crippen molar-refractivity contribution in [2.75, 3.05) is 0 Å². The highest BCUT2D eigenvalue weighted by Crippen LogP contribution is 2.27. The van der Waals surface area contributed by atoms with E-state index in [1.807, 2.05) is 5.32 Å². The number of halogens is 5. The number of amides is 2. The van der Waals surface area contributed by atoms with Gasteiger partial charge in [-0.1, -0.05) is 11.6 Å². The summed E-state index contributed by atoms with van der Waals surface area (Å²) in [7, 11) is 0. The van der Waals surface area contributed by atoms with E-state index in [-0.39, 0.29) is 35.4 Å². The number of alkyl halides is 3. The molecule has 7 nitrogen and oxygen atoms in total. The van der Waals surface area contributed by atoms with Crippen LogP contribution in [0.15, 0.2) is 24.4 Å². The first-order valence-electron chi connectivity index (χ1n) is 9.66. The van der Waals surface area contributed by atoms with Crippen molar-refractivity contribution in [3.8, 4) is 0 Å². The Labute approximate surface area is 184 Å². The van der Waals surface area contributed by atoms with E-state index in [4.69, 9.17) is 11.6 Å². The summed E-state index contributed by atoms with van der Waals surface area (Å²) in [6.07, 6.45) is -3.39. The molecular formula is C20H18ClF4N5O2. The fourth-order valence-electron chi connectivity index (χ4n) is 3.62. The summed E-state index contributed by atoms with van der Waals surface area (Å²) in [5.41, 5.74) is 0.971. The van der Waals surface area contributed by atoms with Gasteiger partial charge in [-0.2, -0.15) is 18.3 Å². The highest BCUT2D eigenvalue weighted by Gasteiger charge is 2.38. The number of nitrogens with zero attached hydrogens (tertiary/aromatic N) is 3. The van der Waals surface area contributed by atoms with Crippen molar-refractivity contribution < 1.29 is 27.2 Å². The Bertz CT molecular complexity index is 1180. The van der Waals surface area contributed by atoms with Gasteiger partial charge >= 0.3 is 6.18 Å². The second kappa shape index (κ2) is 7.80. The third kappa shape index (κ3) is 3.92. The zero-order valence-electron chi connectivity index (χ0n) is 16.9. The van der Waals surface area contributed by atoms with Gasteiger partial charge in [-0.3, -0.25) is 14.3 Å². The van der Waals surface area contributed by atoms with Crippen LogP contribution in [0.1, 0.15) is 40.4 Å². The zero-order chi connectivity index (χ0) is 23.4. The molecule has 0 saturated carbocycles. The summed E-state index contributed by atoms with van der Waals surface area (Å²) in [6.45, 7) is 2.85. The van der Waals surface area contributed by atoms with Gasteiger partial charge in [0.1, 0.15) is 17.6 Å². The molecule has 0 aliphatic carbocycles. The van der Waals surface area contributed by atoms with Crippen LogP contribution in [-0.4, -0.2) is 49.7 Å². The molecule has 4 rings (SSSR count). The van der Waals surface area contributed by atoms with Crippen molar-refractivity contribution in [2.24, 2.45) is 0 Å². The first-order valence-corrected chi connectivity index (χ1v) is 10.0. The molecule has 2 aromatic heterocycles. The summed E-state index contributed by atoms with van der Waals surface area (Å²) in [4.78, 5) is 30.0. The number of H-pyrrole nitrogens is 1. The van der Waals surface area contributed by atoms with E-state index in [0.29, 0.717) is 16.6 Å². The molecule has 32 heavy (non-hydrogen) atoms. The smallest absolute Gasteiger partial charge is 0.350 e. The van der Waals surface area contributed by atoms with Crippen molar-refractivity contribution >= 4 is 34.3 Å². The van der Waals surface area contributed by atoms with Gasteiger partial charge in [0.2, 0.25) is 0 Å². The SMILES string of the molecule is CC1Cn2ncc(C(=O)N[C@H](C)C(F)(F)F)c2CN1C(=O)c1cc2cc(F)c(Cl)cc2[nH]1. The van der Waals surface area contributed by atoms with E-state index in [1.54, 1.807) is 6.92 Å². The van der Waals surface area contributed by atoms with Gasteiger partial charge in [0.25, 0.3) is 11.8 Å². The molecule has 2 atom stereocenters. The molecule has 2 N–H and O–H groups in total. The summed E-state index contributed by atoms with van der Waals surface area (Å²) in [5, 5.41) is 6.38. The Morgan fingerprint density at radius 1 is 1.31 bits per heavy atom. The van der Waals surface area contributed by atoms with Crippen LogP contribution in [-0.2, 0) is 13.1 Å². The lowest BCUT2D eigenvalue weighted by molar-refractivity contribution is -0.149. The van der Waals surface area contributed by atoms with Crippen molar-refractivity contribution in [2.45, 2.75) is 45.2 Å². The van der Waals surface area contributed by atoms with Gasteiger partial charge in [0.15, 0.2) is 0 Å². The fourth-order valence-corrected chi connectivity index (χ4v) is 3.78. The second-order valence-electron chi connectivity index (χ2n) is 7.74. The Hall–Kier alpha value is -3.08. The minimum absolute atomic E-state index is 0.0312. The Morgan fingerprint density at radius 3 is 2.72 bits per heavy atom. The maximum absolute atomic E-state index is 13.7. The molecule has 1 unspecified atom stereocenters. The lowest BCUT2D eigenvalue weighted by atomic mass is 10.1. The fraction of sp³-hybridized carbons (Fsp3) is 0.350. The summed E-state index contributed by atoms with van der Waals surface area (Å²) in [6, 6.07) is 1.73. The van der Waals surface area contributed by atoms with Crippen LogP contribution in [0.2, 0.25) is 5.02 Å². The molecule has 12 heteroatoms. The number of aromatic amines is 1. The lowest BCUT2D eigenvalue weighted by Gasteiger charge is -2.34. The normalized spacial score (nSPS) is 17.3. The maximum Gasteiger partial charge on any atom is 0.408 e. The molecular weight excluding hydrogens is 454 g/mol. The van der Waals surface area contributed by atoms with Gasteiger partial charge in [0.05, 0.1) is 35.6 Å². The molecule has 170 valence electrons. The molecule has 1 aliphatic rings. The number of fused-ring (bicyclic) bond motifs is 2. The summed E-state index contributed by atoms with van der Waals surface area (Å²) in [5.74, 6) is -1.95. The number of hydrogen-bond donors (Lipinski definition) is 2. The highest BCUT2D eigenvalue weighted by atomic mass is 35.5. The van der Waals surface area contributed by atoms with Crippen molar-refractivity contribution in [1.29, 1.82) is 0 Å². The van der Waals surface area contributed by atoms with Crippen LogP contribution in [0.3, 0.4) is 0 Å². The lowest BCUT2D eigenvalue weighted by Crippen LogP contribution is -2.46. The Balaban J connectivity index is 1.60. The first kappa shape index (κ1) is 22.1. The summed E-state index contributed by atoms with van der Waals surface area (Å²) < 4.78 is 53.7. The van der Waals surface area contributed by atoms with E-state index in [0.717, 1.165) is 6.92 Å². The van der Waals surface area contributed by atoms with Crippen LogP contribution in [0.4, 0.5) is 17.6 Å². The molecule has 0 saturated heterocycles. The molecule has 3 heterocycles. The van der Waals surface area contributed by atoms with Crippen molar-refractivity contribution in [3.63, 3.8) is 0 Å². The molecule has 3 aromatic rings. The molecule has 0 radical (unpaired) electrons. The van der Waals surface area contributed by atoms with E-state index >= 15 is 0 Å². The minimum Gasteiger partial charge on any atom is -0.350 e. The number of carbonyl (C=O) groups excluding carboxylic acids is 2. The third-order valence-electron chi connectivity index (χ3n) is 5.47. The van der Waals surface area contributed by atoms with E-state index in [1.165, 1.54) is 34.0 Å². The molecule has 2 amide bonds. The number of benzene rings is 1. The predicted molar refractivity (Wildman–Crippen MR) is 108 cm³/mol. The number of hydrogen-bond acceptors (Lipinski definition) is 3. The molecule has 1 aliphatic heterocycles. The average molecular weight is 472 g/mol. The van der Waals surface area contributed by atoms with Crippen LogP contribution in [0.5, 0.6) is 0 Å².